The fraction of sp³-hybridized carbons (Fsp3) is 0.857. The number of rotatable bonds is 12. The van der Waals surface area contributed by atoms with Gasteiger partial charge in [-0.15, -0.1) is 0 Å². The zero-order valence-electron chi connectivity index (χ0n) is 18.2. The van der Waals surface area contributed by atoms with Crippen LogP contribution in [0.3, 0.4) is 0 Å². The lowest BCUT2D eigenvalue weighted by molar-refractivity contribution is -0.148. The minimum absolute atomic E-state index is 0.147. The summed E-state index contributed by atoms with van der Waals surface area (Å²) in [6, 6.07) is -0.211. The Morgan fingerprint density at radius 2 is 1.93 bits per heavy atom. The van der Waals surface area contributed by atoms with Crippen molar-refractivity contribution in [3.63, 3.8) is 0 Å². The minimum Gasteiger partial charge on any atom is -0.466 e. The van der Waals surface area contributed by atoms with Gasteiger partial charge < -0.3 is 20.5 Å². The number of carbonyl (C=O) groups is 2. The van der Waals surface area contributed by atoms with Crippen molar-refractivity contribution >= 4 is 17.8 Å². The second-order valence-corrected chi connectivity index (χ2v) is 8.45. The van der Waals surface area contributed by atoms with Crippen LogP contribution in [0.25, 0.3) is 0 Å². The molecule has 6 N–H and O–H groups in total. The van der Waals surface area contributed by atoms with Crippen LogP contribution < -0.4 is 22.4 Å². The van der Waals surface area contributed by atoms with E-state index >= 15 is 0 Å². The van der Waals surface area contributed by atoms with E-state index < -0.39 is 0 Å². The fourth-order valence-corrected chi connectivity index (χ4v) is 4.65. The molecule has 1 aliphatic heterocycles. The maximum Gasteiger partial charge on any atom is 0.323 e. The molecule has 2 fully saturated rings. The molecule has 0 spiro atoms. The van der Waals surface area contributed by atoms with Crippen LogP contribution in [0.5, 0.6) is 0 Å². The van der Waals surface area contributed by atoms with Crippen LogP contribution in [0.2, 0.25) is 0 Å². The Morgan fingerprint density at radius 1 is 1.10 bits per heavy atom. The summed E-state index contributed by atoms with van der Waals surface area (Å²) < 4.78 is 10.4. The predicted octanol–water partition coefficient (Wildman–Crippen LogP) is 1.56. The fourth-order valence-electron chi connectivity index (χ4n) is 4.65. The molecule has 9 heteroatoms. The first kappa shape index (κ1) is 24.4. The zero-order chi connectivity index (χ0) is 21.8. The summed E-state index contributed by atoms with van der Waals surface area (Å²) in [4.78, 5) is 23.8. The molecule has 0 aromatic rings. The van der Waals surface area contributed by atoms with Gasteiger partial charge in [0.25, 0.3) is 0 Å². The molecule has 1 saturated carbocycles. The number of unbranched alkanes of at least 4 members (excludes halogenated alkanes) is 2. The molecule has 0 radical (unpaired) electrons. The summed E-state index contributed by atoms with van der Waals surface area (Å²) in [7, 11) is 0. The molecule has 172 valence electrons. The molecule has 0 bridgehead atoms. The number of hydrazine groups is 1. The van der Waals surface area contributed by atoms with Gasteiger partial charge in [0.05, 0.1) is 13.2 Å². The maximum atomic E-state index is 12.5. The largest absolute Gasteiger partial charge is 0.466 e. The molecule has 9 nitrogen and oxygen atoms in total. The van der Waals surface area contributed by atoms with Gasteiger partial charge in [-0.3, -0.25) is 9.59 Å². The Kier molecular flexibility index (Phi) is 10.9. The van der Waals surface area contributed by atoms with Crippen LogP contribution in [0.1, 0.15) is 71.1 Å². The molecular formula is C21H39N5O4. The van der Waals surface area contributed by atoms with Crippen molar-refractivity contribution in [1.29, 1.82) is 0 Å². The van der Waals surface area contributed by atoms with Crippen LogP contribution >= 0.6 is 0 Å². The lowest BCUT2D eigenvalue weighted by Crippen LogP contribution is -2.50. The smallest absolute Gasteiger partial charge is 0.323 e. The highest BCUT2D eigenvalue weighted by Gasteiger charge is 2.38. The van der Waals surface area contributed by atoms with Gasteiger partial charge in [0.1, 0.15) is 11.9 Å². The molecule has 30 heavy (non-hydrogen) atoms. The summed E-state index contributed by atoms with van der Waals surface area (Å²) in [6.45, 7) is 3.52. The molecule has 1 heterocycles. The number of nitrogens with zero attached hydrogens (tertiary/aromatic N) is 1. The van der Waals surface area contributed by atoms with Gasteiger partial charge in [-0.05, 0) is 76.2 Å². The van der Waals surface area contributed by atoms with Gasteiger partial charge in [0.2, 0.25) is 0 Å². The van der Waals surface area contributed by atoms with Crippen molar-refractivity contribution < 1.29 is 19.1 Å². The van der Waals surface area contributed by atoms with Crippen molar-refractivity contribution in [2.24, 2.45) is 34.4 Å². The van der Waals surface area contributed by atoms with E-state index in [1.807, 2.05) is 0 Å². The zero-order valence-corrected chi connectivity index (χ0v) is 18.2. The van der Waals surface area contributed by atoms with E-state index in [9.17, 15) is 9.59 Å². The first-order valence-electron chi connectivity index (χ1n) is 11.4. The van der Waals surface area contributed by atoms with E-state index in [2.05, 4.69) is 16.0 Å². The predicted molar refractivity (Wildman–Crippen MR) is 115 cm³/mol. The summed E-state index contributed by atoms with van der Waals surface area (Å²) in [5.41, 5.74) is 8.05. The standard InChI is InChI=1S/C21H39N5O4/c1-2-29-20(27)6-4-3-5-11-30-21(28)18-13-17-12-15(7-9-16(17)14-24-18)8-10-19(22)25-26-23/h15-18,24,26H,2-14,23H2,1H3,(H2,22,25). The summed E-state index contributed by atoms with van der Waals surface area (Å²) in [6.07, 6.45) is 8.93. The topological polar surface area (TPSA) is 141 Å². The van der Waals surface area contributed by atoms with Crippen molar-refractivity contribution in [3.8, 4) is 0 Å². The molecule has 0 amide bonds. The first-order chi connectivity index (χ1) is 14.5. The molecular weight excluding hydrogens is 386 g/mol. The number of hydrazone groups is 1. The highest BCUT2D eigenvalue weighted by atomic mass is 16.5. The molecule has 0 aromatic heterocycles. The Hall–Kier alpha value is -1.87. The highest BCUT2D eigenvalue weighted by Crippen LogP contribution is 2.40. The Labute approximate surface area is 179 Å². The molecule has 0 aromatic carbocycles. The van der Waals surface area contributed by atoms with Gasteiger partial charge >= 0.3 is 11.9 Å². The number of hydrogen-bond donors (Lipinski definition) is 4. The van der Waals surface area contributed by atoms with E-state index in [1.54, 1.807) is 6.92 Å². The molecule has 1 saturated heterocycles. The molecule has 1 aliphatic carbocycles. The Balaban J connectivity index is 1.64. The van der Waals surface area contributed by atoms with Gasteiger partial charge in [-0.25, -0.2) is 11.4 Å². The second kappa shape index (κ2) is 13.4. The molecule has 4 atom stereocenters. The van der Waals surface area contributed by atoms with E-state index in [-0.39, 0.29) is 18.0 Å². The van der Waals surface area contributed by atoms with E-state index in [1.165, 1.54) is 12.8 Å². The van der Waals surface area contributed by atoms with Gasteiger partial charge in [-0.2, -0.15) is 5.10 Å². The van der Waals surface area contributed by atoms with Crippen LogP contribution in [0, 0.1) is 17.8 Å². The summed E-state index contributed by atoms with van der Waals surface area (Å²) in [5, 5.41) is 7.20. The van der Waals surface area contributed by atoms with Crippen molar-refractivity contribution in [1.82, 2.24) is 10.9 Å². The third-order valence-electron chi connectivity index (χ3n) is 6.29. The number of fused-ring (bicyclic) bond motifs is 1. The number of nitrogens with one attached hydrogen (secondary N) is 2. The average molecular weight is 426 g/mol. The SMILES string of the molecule is CCOC(=O)CCCCCOC(=O)C1CC2CC(CC/C(N)=N/NN)CCC2CN1. The van der Waals surface area contributed by atoms with Crippen molar-refractivity contribution in [2.75, 3.05) is 19.8 Å². The quantitative estimate of drug-likeness (QED) is 0.0922. The Bertz CT molecular complexity index is 572. The van der Waals surface area contributed by atoms with Gasteiger partial charge in [0.15, 0.2) is 0 Å². The number of esters is 2. The third kappa shape index (κ3) is 8.47. The molecule has 2 aliphatic rings. The van der Waals surface area contributed by atoms with Crippen molar-refractivity contribution in [3.05, 3.63) is 0 Å². The second-order valence-electron chi connectivity index (χ2n) is 8.45. The summed E-state index contributed by atoms with van der Waals surface area (Å²) >= 11 is 0. The third-order valence-corrected chi connectivity index (χ3v) is 6.29. The van der Waals surface area contributed by atoms with Crippen molar-refractivity contribution in [2.45, 2.75) is 77.2 Å². The summed E-state index contributed by atoms with van der Waals surface area (Å²) in [5.74, 6) is 7.21. The number of ether oxygens (including phenoxy) is 2. The van der Waals surface area contributed by atoms with Crippen LogP contribution in [-0.4, -0.2) is 43.6 Å². The normalized spacial score (nSPS) is 26.5. The van der Waals surface area contributed by atoms with E-state index in [4.69, 9.17) is 21.1 Å². The Morgan fingerprint density at radius 3 is 2.70 bits per heavy atom. The average Bonchev–Trinajstić information content (AvgIpc) is 2.74. The number of hydrogen-bond acceptors (Lipinski definition) is 8. The lowest BCUT2D eigenvalue weighted by Gasteiger charge is -2.42. The van der Waals surface area contributed by atoms with Gasteiger partial charge in [-0.1, -0.05) is 6.42 Å². The number of piperidine rings is 1. The van der Waals surface area contributed by atoms with Gasteiger partial charge in [0, 0.05) is 12.8 Å². The highest BCUT2D eigenvalue weighted by molar-refractivity contribution is 5.79. The monoisotopic (exact) mass is 425 g/mol. The lowest BCUT2D eigenvalue weighted by atomic mass is 9.69. The van der Waals surface area contributed by atoms with E-state index in [0.717, 1.165) is 51.5 Å². The van der Waals surface area contributed by atoms with E-state index in [0.29, 0.717) is 43.2 Å². The minimum atomic E-state index is -0.211. The first-order valence-corrected chi connectivity index (χ1v) is 11.4. The number of amidine groups is 1. The number of carbonyl (C=O) groups excluding carboxylic acids is 2. The van der Waals surface area contributed by atoms with Crippen LogP contribution in [0.15, 0.2) is 5.10 Å². The molecule has 4 unspecified atom stereocenters. The van der Waals surface area contributed by atoms with Crippen LogP contribution in [-0.2, 0) is 19.1 Å². The van der Waals surface area contributed by atoms with Crippen LogP contribution in [0.4, 0.5) is 0 Å². The molecule has 2 rings (SSSR count). The maximum absolute atomic E-state index is 12.5. The number of nitrogens with two attached hydrogens (primary N) is 2.